The molecule has 6 nitrogen and oxygen atoms in total. The molecule has 1 aliphatic heterocycles. The highest BCUT2D eigenvalue weighted by molar-refractivity contribution is 6.00. The first-order valence-corrected chi connectivity index (χ1v) is 9.10. The number of carbonyl (C=O) groups is 1. The van der Waals surface area contributed by atoms with Gasteiger partial charge >= 0.3 is 0 Å². The summed E-state index contributed by atoms with van der Waals surface area (Å²) in [6, 6.07) is 11.2. The van der Waals surface area contributed by atoms with Crippen molar-refractivity contribution < 1.29 is 23.7 Å². The molecule has 0 bridgehead atoms. The van der Waals surface area contributed by atoms with Crippen LogP contribution in [-0.4, -0.2) is 26.9 Å². The molecule has 0 atom stereocenters. The third kappa shape index (κ3) is 3.05. The van der Waals surface area contributed by atoms with Crippen LogP contribution >= 0.6 is 0 Å². The number of methoxy groups -OCH3 is 2. The third-order valence-corrected chi connectivity index (χ3v) is 5.47. The van der Waals surface area contributed by atoms with Crippen LogP contribution in [0, 0.1) is 0 Å². The van der Waals surface area contributed by atoms with Crippen molar-refractivity contribution in [3.63, 3.8) is 0 Å². The lowest BCUT2D eigenvalue weighted by Gasteiger charge is -2.29. The van der Waals surface area contributed by atoms with E-state index < -0.39 is 5.41 Å². The molecule has 0 spiro atoms. The number of hydrogen-bond donors (Lipinski definition) is 1. The van der Waals surface area contributed by atoms with E-state index in [2.05, 4.69) is 5.32 Å². The number of ether oxygens (including phenoxy) is 4. The van der Waals surface area contributed by atoms with Crippen LogP contribution in [0.2, 0.25) is 0 Å². The van der Waals surface area contributed by atoms with Gasteiger partial charge in [-0.2, -0.15) is 0 Å². The Bertz CT molecular complexity index is 858. The summed E-state index contributed by atoms with van der Waals surface area (Å²) >= 11 is 0. The minimum absolute atomic E-state index is 0.0256. The first kappa shape index (κ1) is 17.5. The maximum atomic E-state index is 13.4. The zero-order valence-electron chi connectivity index (χ0n) is 15.5. The van der Waals surface area contributed by atoms with Gasteiger partial charge in [-0.1, -0.05) is 18.9 Å². The molecule has 2 aromatic rings. The zero-order chi connectivity index (χ0) is 18.9. The van der Waals surface area contributed by atoms with E-state index in [9.17, 15) is 4.79 Å². The molecule has 0 aromatic heterocycles. The molecular weight excluding hydrogens is 346 g/mol. The van der Waals surface area contributed by atoms with Crippen molar-refractivity contribution in [1.29, 1.82) is 0 Å². The van der Waals surface area contributed by atoms with E-state index in [1.54, 1.807) is 32.4 Å². The van der Waals surface area contributed by atoms with E-state index in [1.165, 1.54) is 0 Å². The van der Waals surface area contributed by atoms with Gasteiger partial charge in [0.15, 0.2) is 11.5 Å². The van der Waals surface area contributed by atoms with Gasteiger partial charge in [0.1, 0.15) is 11.5 Å². The van der Waals surface area contributed by atoms with Crippen molar-refractivity contribution >= 4 is 11.6 Å². The standard InChI is InChI=1S/C21H23NO5/c1-24-15-6-7-16(18(12-15)25-2)22-20(23)21(9-3-4-10-21)14-5-8-17-19(11-14)27-13-26-17/h5-8,11-12H,3-4,9-10,13H2,1-2H3,(H,22,23). The van der Waals surface area contributed by atoms with Gasteiger partial charge in [0.05, 0.1) is 25.3 Å². The van der Waals surface area contributed by atoms with E-state index in [1.807, 2.05) is 18.2 Å². The maximum Gasteiger partial charge on any atom is 0.235 e. The van der Waals surface area contributed by atoms with Gasteiger partial charge in [-0.05, 0) is 42.7 Å². The van der Waals surface area contributed by atoms with Crippen molar-refractivity contribution in [3.05, 3.63) is 42.0 Å². The highest BCUT2D eigenvalue weighted by Crippen LogP contribution is 2.45. The fourth-order valence-electron chi connectivity index (χ4n) is 3.96. The van der Waals surface area contributed by atoms with E-state index in [-0.39, 0.29) is 12.7 Å². The van der Waals surface area contributed by atoms with Crippen LogP contribution in [0.3, 0.4) is 0 Å². The smallest absolute Gasteiger partial charge is 0.235 e. The van der Waals surface area contributed by atoms with Gasteiger partial charge in [0, 0.05) is 6.07 Å². The highest BCUT2D eigenvalue weighted by atomic mass is 16.7. The Morgan fingerprint density at radius 1 is 1.00 bits per heavy atom. The molecule has 4 rings (SSSR count). The zero-order valence-corrected chi connectivity index (χ0v) is 15.5. The molecule has 6 heteroatoms. The molecule has 1 saturated carbocycles. The van der Waals surface area contributed by atoms with Crippen LogP contribution < -0.4 is 24.3 Å². The number of amides is 1. The summed E-state index contributed by atoms with van der Waals surface area (Å²) in [5.41, 5.74) is 1.02. The van der Waals surface area contributed by atoms with Crippen molar-refractivity contribution in [2.75, 3.05) is 26.3 Å². The average molecular weight is 369 g/mol. The second-order valence-corrected chi connectivity index (χ2v) is 6.88. The number of fused-ring (bicyclic) bond motifs is 1. The monoisotopic (exact) mass is 369 g/mol. The lowest BCUT2D eigenvalue weighted by Crippen LogP contribution is -2.38. The second kappa shape index (κ2) is 7.02. The fourth-order valence-corrected chi connectivity index (χ4v) is 3.96. The van der Waals surface area contributed by atoms with Gasteiger partial charge in [0.25, 0.3) is 0 Å². The number of rotatable bonds is 5. The fraction of sp³-hybridized carbons (Fsp3) is 0.381. The van der Waals surface area contributed by atoms with E-state index in [0.717, 1.165) is 37.0 Å². The molecule has 0 unspecified atom stereocenters. The topological polar surface area (TPSA) is 66.0 Å². The minimum atomic E-state index is -0.577. The number of nitrogens with one attached hydrogen (secondary N) is 1. The number of anilines is 1. The normalized spacial score (nSPS) is 16.8. The third-order valence-electron chi connectivity index (χ3n) is 5.47. The first-order chi connectivity index (χ1) is 13.2. The Morgan fingerprint density at radius 3 is 2.52 bits per heavy atom. The molecule has 1 fully saturated rings. The molecule has 0 radical (unpaired) electrons. The minimum Gasteiger partial charge on any atom is -0.497 e. The van der Waals surface area contributed by atoms with Crippen LogP contribution in [-0.2, 0) is 10.2 Å². The summed E-state index contributed by atoms with van der Waals surface area (Å²) in [4.78, 5) is 13.4. The lowest BCUT2D eigenvalue weighted by atomic mass is 9.77. The summed E-state index contributed by atoms with van der Waals surface area (Å²) in [5.74, 6) is 2.65. The predicted molar refractivity (Wildman–Crippen MR) is 101 cm³/mol. The van der Waals surface area contributed by atoms with Crippen molar-refractivity contribution in [1.82, 2.24) is 0 Å². The van der Waals surface area contributed by atoms with Crippen molar-refractivity contribution in [2.24, 2.45) is 0 Å². The van der Waals surface area contributed by atoms with Gasteiger partial charge in [-0.25, -0.2) is 0 Å². The van der Waals surface area contributed by atoms with E-state index in [0.29, 0.717) is 22.9 Å². The summed E-state index contributed by atoms with van der Waals surface area (Å²) in [6.07, 6.45) is 3.64. The molecule has 2 aliphatic rings. The first-order valence-electron chi connectivity index (χ1n) is 9.10. The Kier molecular flexibility index (Phi) is 4.56. The molecular formula is C21H23NO5. The summed E-state index contributed by atoms with van der Waals surface area (Å²) in [7, 11) is 3.17. The summed E-state index contributed by atoms with van der Waals surface area (Å²) in [6.45, 7) is 0.223. The molecule has 1 heterocycles. The molecule has 1 aliphatic carbocycles. The lowest BCUT2D eigenvalue weighted by molar-refractivity contribution is -0.121. The molecule has 0 saturated heterocycles. The average Bonchev–Trinajstić information content (AvgIpc) is 3.37. The van der Waals surface area contributed by atoms with Crippen LogP contribution in [0.4, 0.5) is 5.69 Å². The van der Waals surface area contributed by atoms with E-state index in [4.69, 9.17) is 18.9 Å². The van der Waals surface area contributed by atoms with Crippen LogP contribution in [0.1, 0.15) is 31.2 Å². The number of hydrogen-bond acceptors (Lipinski definition) is 5. The molecule has 27 heavy (non-hydrogen) atoms. The van der Waals surface area contributed by atoms with Gasteiger partial charge in [0.2, 0.25) is 12.7 Å². The van der Waals surface area contributed by atoms with Gasteiger partial charge in [-0.15, -0.1) is 0 Å². The maximum absolute atomic E-state index is 13.4. The Labute approximate surface area is 158 Å². The van der Waals surface area contributed by atoms with E-state index >= 15 is 0 Å². The Hall–Kier alpha value is -2.89. The SMILES string of the molecule is COc1ccc(NC(=O)C2(c3ccc4c(c3)OCO4)CCCC2)c(OC)c1. The largest absolute Gasteiger partial charge is 0.497 e. The molecule has 1 N–H and O–H groups in total. The summed E-state index contributed by atoms with van der Waals surface area (Å²) < 4.78 is 21.6. The molecule has 1 amide bonds. The summed E-state index contributed by atoms with van der Waals surface area (Å²) in [5, 5.41) is 3.07. The van der Waals surface area contributed by atoms with Crippen LogP contribution in [0.15, 0.2) is 36.4 Å². The molecule has 142 valence electrons. The molecule has 2 aromatic carbocycles. The Balaban J connectivity index is 1.66. The van der Waals surface area contributed by atoms with Crippen molar-refractivity contribution in [2.45, 2.75) is 31.1 Å². The van der Waals surface area contributed by atoms with Crippen molar-refractivity contribution in [3.8, 4) is 23.0 Å². The van der Waals surface area contributed by atoms with Gasteiger partial charge < -0.3 is 24.3 Å². The Morgan fingerprint density at radius 2 is 1.78 bits per heavy atom. The quantitative estimate of drug-likeness (QED) is 0.866. The second-order valence-electron chi connectivity index (χ2n) is 6.88. The predicted octanol–water partition coefficient (Wildman–Crippen LogP) is 3.88. The highest BCUT2D eigenvalue weighted by Gasteiger charge is 2.43. The number of carbonyl (C=O) groups excluding carboxylic acids is 1. The number of benzene rings is 2. The van der Waals surface area contributed by atoms with Crippen LogP contribution in [0.5, 0.6) is 23.0 Å². The van der Waals surface area contributed by atoms with Crippen LogP contribution in [0.25, 0.3) is 0 Å². The van der Waals surface area contributed by atoms with Gasteiger partial charge in [-0.3, -0.25) is 4.79 Å².